The van der Waals surface area contributed by atoms with Crippen LogP contribution in [-0.2, 0) is 14.3 Å². The van der Waals surface area contributed by atoms with Gasteiger partial charge in [0.15, 0.2) is 0 Å². The number of esters is 1. The van der Waals surface area contributed by atoms with E-state index < -0.39 is 6.09 Å². The van der Waals surface area contributed by atoms with E-state index in [1.165, 1.54) is 89.7 Å². The monoisotopic (exact) mass is 357 g/mol. The number of hydrogen-bond acceptors (Lipinski definition) is 4. The Morgan fingerprint density at radius 2 is 1.20 bits per heavy atom. The van der Waals surface area contributed by atoms with E-state index in [0.717, 1.165) is 12.8 Å². The van der Waals surface area contributed by atoms with Crippen LogP contribution in [0.2, 0.25) is 0 Å². The minimum absolute atomic E-state index is 0.0644. The van der Waals surface area contributed by atoms with Crippen molar-refractivity contribution in [3.8, 4) is 0 Å². The highest BCUT2D eigenvalue weighted by atomic mass is 16.5. The van der Waals surface area contributed by atoms with Crippen LogP contribution in [0.25, 0.3) is 0 Å². The van der Waals surface area contributed by atoms with E-state index in [1.54, 1.807) is 0 Å². The molecule has 0 saturated carbocycles. The molecule has 0 saturated heterocycles. The Bertz CT molecular complexity index is 334. The lowest BCUT2D eigenvalue weighted by atomic mass is 10.0. The van der Waals surface area contributed by atoms with Crippen LogP contribution < -0.4 is 0 Å². The fraction of sp³-hybridized carbons (Fsp3) is 0.900. The molecule has 0 radical (unpaired) electrons. The van der Waals surface area contributed by atoms with E-state index in [0.29, 0.717) is 6.61 Å². The number of hydrogen-bond donors (Lipinski definition) is 0. The van der Waals surface area contributed by atoms with Gasteiger partial charge in [-0.2, -0.15) is 0 Å². The predicted molar refractivity (Wildman–Crippen MR) is 102 cm³/mol. The summed E-state index contributed by atoms with van der Waals surface area (Å²) < 4.78 is 9.64. The number of nitrogens with zero attached hydrogens (tertiary/aromatic N) is 1. The molecule has 0 N–H and O–H groups in total. The van der Waals surface area contributed by atoms with Crippen LogP contribution in [0.4, 0.5) is 4.79 Å². The maximum Gasteiger partial charge on any atom is 0.409 e. The standard InChI is InChI=1S/C20H39NO4/c1-4-5-6-7-8-9-10-11-12-13-14-15-16-17-25-19(22)18-21(2)20(23)24-3/h4-18H2,1-3H3. The highest BCUT2D eigenvalue weighted by molar-refractivity contribution is 5.77. The Hall–Kier alpha value is -1.26. The third-order valence-corrected chi connectivity index (χ3v) is 4.36. The minimum atomic E-state index is -0.530. The normalized spacial score (nSPS) is 10.5. The molecule has 0 aliphatic rings. The fourth-order valence-electron chi connectivity index (χ4n) is 2.77. The summed E-state index contributed by atoms with van der Waals surface area (Å²) in [6.07, 6.45) is 16.3. The average Bonchev–Trinajstić information content (AvgIpc) is 2.61. The van der Waals surface area contributed by atoms with Gasteiger partial charge >= 0.3 is 12.1 Å². The summed E-state index contributed by atoms with van der Waals surface area (Å²) in [5.74, 6) is -0.383. The van der Waals surface area contributed by atoms with Gasteiger partial charge in [0.2, 0.25) is 0 Å². The Balaban J connectivity index is 3.26. The average molecular weight is 358 g/mol. The molecule has 0 aromatic heterocycles. The molecule has 0 bridgehead atoms. The molecule has 0 aromatic carbocycles. The van der Waals surface area contributed by atoms with Crippen molar-refractivity contribution >= 4 is 12.1 Å². The maximum atomic E-state index is 11.5. The van der Waals surface area contributed by atoms with Gasteiger partial charge in [-0.05, 0) is 6.42 Å². The van der Waals surface area contributed by atoms with Crippen molar-refractivity contribution in [2.45, 2.75) is 90.4 Å². The summed E-state index contributed by atoms with van der Waals surface area (Å²) in [6.45, 7) is 2.63. The van der Waals surface area contributed by atoms with E-state index in [-0.39, 0.29) is 12.5 Å². The molecule has 148 valence electrons. The van der Waals surface area contributed by atoms with Crippen molar-refractivity contribution < 1.29 is 19.1 Å². The molecule has 0 rings (SSSR count). The number of amides is 1. The summed E-state index contributed by atoms with van der Waals surface area (Å²) in [6, 6.07) is 0. The zero-order chi connectivity index (χ0) is 18.8. The van der Waals surface area contributed by atoms with Gasteiger partial charge in [-0.25, -0.2) is 4.79 Å². The van der Waals surface area contributed by atoms with E-state index in [1.807, 2.05) is 0 Å². The Morgan fingerprint density at radius 3 is 1.64 bits per heavy atom. The van der Waals surface area contributed by atoms with Gasteiger partial charge in [-0.15, -0.1) is 0 Å². The lowest BCUT2D eigenvalue weighted by Gasteiger charge is -2.14. The van der Waals surface area contributed by atoms with Crippen LogP contribution in [0.1, 0.15) is 90.4 Å². The van der Waals surface area contributed by atoms with Crippen molar-refractivity contribution in [2.75, 3.05) is 27.3 Å². The van der Waals surface area contributed by atoms with Crippen LogP contribution >= 0.6 is 0 Å². The minimum Gasteiger partial charge on any atom is -0.464 e. The van der Waals surface area contributed by atoms with Gasteiger partial charge in [0, 0.05) is 7.05 Å². The molecular formula is C20H39NO4. The van der Waals surface area contributed by atoms with Crippen LogP contribution in [0.3, 0.4) is 0 Å². The number of likely N-dealkylation sites (N-methyl/N-ethyl adjacent to an activating group) is 1. The third kappa shape index (κ3) is 16.0. The first-order valence-corrected chi connectivity index (χ1v) is 10.1. The lowest BCUT2D eigenvalue weighted by Crippen LogP contribution is -2.32. The van der Waals surface area contributed by atoms with E-state index in [4.69, 9.17) is 4.74 Å². The first-order valence-electron chi connectivity index (χ1n) is 10.1. The van der Waals surface area contributed by atoms with Crippen LogP contribution in [0.5, 0.6) is 0 Å². The summed E-state index contributed by atoms with van der Waals surface area (Å²) in [5.41, 5.74) is 0. The fourth-order valence-corrected chi connectivity index (χ4v) is 2.77. The van der Waals surface area contributed by atoms with Crippen LogP contribution in [-0.4, -0.2) is 44.3 Å². The Labute approximate surface area is 154 Å². The summed E-state index contributed by atoms with van der Waals surface area (Å²) >= 11 is 0. The van der Waals surface area contributed by atoms with E-state index in [9.17, 15) is 9.59 Å². The smallest absolute Gasteiger partial charge is 0.409 e. The van der Waals surface area contributed by atoms with Crippen LogP contribution in [0, 0.1) is 0 Å². The van der Waals surface area contributed by atoms with Crippen molar-refractivity contribution in [3.63, 3.8) is 0 Å². The number of unbranched alkanes of at least 4 members (excludes halogenated alkanes) is 12. The maximum absolute atomic E-state index is 11.5. The molecule has 25 heavy (non-hydrogen) atoms. The SMILES string of the molecule is CCCCCCCCCCCCCCCOC(=O)CN(C)C(=O)OC. The topological polar surface area (TPSA) is 55.8 Å². The number of ether oxygens (including phenoxy) is 2. The molecule has 0 spiro atoms. The van der Waals surface area contributed by atoms with Gasteiger partial charge < -0.3 is 14.4 Å². The van der Waals surface area contributed by atoms with Crippen LogP contribution in [0.15, 0.2) is 0 Å². The third-order valence-electron chi connectivity index (χ3n) is 4.36. The van der Waals surface area contributed by atoms with Crippen molar-refractivity contribution in [3.05, 3.63) is 0 Å². The molecule has 0 aliphatic heterocycles. The second kappa shape index (κ2) is 17.6. The molecule has 0 aliphatic carbocycles. The van der Waals surface area contributed by atoms with Gasteiger partial charge in [-0.3, -0.25) is 4.79 Å². The zero-order valence-corrected chi connectivity index (χ0v) is 16.7. The summed E-state index contributed by atoms with van der Waals surface area (Å²) in [4.78, 5) is 23.9. The number of methoxy groups -OCH3 is 1. The summed E-state index contributed by atoms with van der Waals surface area (Å²) in [7, 11) is 2.80. The zero-order valence-electron chi connectivity index (χ0n) is 16.7. The quantitative estimate of drug-likeness (QED) is 0.277. The highest BCUT2D eigenvalue weighted by Crippen LogP contribution is 2.12. The lowest BCUT2D eigenvalue weighted by molar-refractivity contribution is -0.144. The van der Waals surface area contributed by atoms with Crippen molar-refractivity contribution in [2.24, 2.45) is 0 Å². The number of carbonyl (C=O) groups is 2. The molecule has 0 atom stereocenters. The van der Waals surface area contributed by atoms with Crippen molar-refractivity contribution in [1.82, 2.24) is 4.90 Å². The first-order chi connectivity index (χ1) is 12.1. The van der Waals surface area contributed by atoms with Gasteiger partial charge in [0.25, 0.3) is 0 Å². The van der Waals surface area contributed by atoms with E-state index >= 15 is 0 Å². The number of carbonyl (C=O) groups excluding carboxylic acids is 2. The molecule has 0 unspecified atom stereocenters. The summed E-state index contributed by atoms with van der Waals surface area (Å²) in [5, 5.41) is 0. The largest absolute Gasteiger partial charge is 0.464 e. The predicted octanol–water partition coefficient (Wildman–Crippen LogP) is 5.32. The Kier molecular flexibility index (Phi) is 16.7. The van der Waals surface area contributed by atoms with Gasteiger partial charge in [0.05, 0.1) is 13.7 Å². The molecule has 5 nitrogen and oxygen atoms in total. The second-order valence-corrected chi connectivity index (χ2v) is 6.79. The molecule has 0 heterocycles. The first kappa shape index (κ1) is 23.7. The van der Waals surface area contributed by atoms with E-state index in [2.05, 4.69) is 11.7 Å². The van der Waals surface area contributed by atoms with Crippen molar-refractivity contribution in [1.29, 1.82) is 0 Å². The highest BCUT2D eigenvalue weighted by Gasteiger charge is 2.13. The number of rotatable bonds is 16. The Morgan fingerprint density at radius 1 is 0.760 bits per heavy atom. The molecule has 0 fully saturated rings. The molecular weight excluding hydrogens is 318 g/mol. The second-order valence-electron chi connectivity index (χ2n) is 6.79. The van der Waals surface area contributed by atoms with Gasteiger partial charge in [-0.1, -0.05) is 84.0 Å². The molecule has 0 aromatic rings. The molecule has 1 amide bonds. The van der Waals surface area contributed by atoms with Gasteiger partial charge in [0.1, 0.15) is 6.54 Å². The molecule has 5 heteroatoms.